The van der Waals surface area contributed by atoms with Gasteiger partial charge in [0.05, 0.1) is 17.5 Å². The number of para-hydroxylation sites is 1. The molecule has 208 valence electrons. The van der Waals surface area contributed by atoms with E-state index < -0.39 is 5.54 Å². The maximum Gasteiger partial charge on any atom is 0.234 e. The first-order chi connectivity index (χ1) is 20.6. The molecule has 0 amide bonds. The minimum Gasteiger partial charge on any atom is -0.316 e. The van der Waals surface area contributed by atoms with Crippen LogP contribution in [0.2, 0.25) is 0 Å². The Kier molecular flexibility index (Phi) is 6.62. The van der Waals surface area contributed by atoms with Crippen molar-refractivity contribution in [2.24, 2.45) is 5.92 Å². The third-order valence-corrected chi connectivity index (χ3v) is 9.22. The SMILES string of the molecule is CCc1c2n(c3ccccc13)C(=O)C(Cc1ncn(C(c3ccccc3)(c3ccccc3)c3ccccc3)c1C)CC2. The van der Waals surface area contributed by atoms with Gasteiger partial charge in [-0.25, -0.2) is 4.98 Å². The summed E-state index contributed by atoms with van der Waals surface area (Å²) in [5, 5.41) is 1.21. The lowest BCUT2D eigenvalue weighted by atomic mass is 9.76. The molecular weight excluding hydrogens is 514 g/mol. The summed E-state index contributed by atoms with van der Waals surface area (Å²) < 4.78 is 4.33. The van der Waals surface area contributed by atoms with Gasteiger partial charge in [0.2, 0.25) is 5.91 Å². The largest absolute Gasteiger partial charge is 0.316 e. The van der Waals surface area contributed by atoms with Crippen LogP contribution in [0.1, 0.15) is 57.5 Å². The molecule has 1 unspecified atom stereocenters. The van der Waals surface area contributed by atoms with Gasteiger partial charge in [0.15, 0.2) is 0 Å². The van der Waals surface area contributed by atoms with Crippen LogP contribution in [0.25, 0.3) is 10.9 Å². The molecule has 0 fully saturated rings. The molecule has 1 aliphatic rings. The third kappa shape index (κ3) is 3.97. The summed E-state index contributed by atoms with van der Waals surface area (Å²) in [7, 11) is 0. The van der Waals surface area contributed by atoms with Crippen molar-refractivity contribution < 1.29 is 4.79 Å². The lowest BCUT2D eigenvalue weighted by Gasteiger charge is -2.38. The van der Waals surface area contributed by atoms with Gasteiger partial charge >= 0.3 is 0 Å². The normalized spacial score (nSPS) is 15.2. The van der Waals surface area contributed by atoms with Crippen molar-refractivity contribution >= 4 is 16.8 Å². The second-order valence-electron chi connectivity index (χ2n) is 11.4. The number of carbonyl (C=O) groups excluding carboxylic acids is 1. The highest BCUT2D eigenvalue weighted by Gasteiger charge is 2.40. The highest BCUT2D eigenvalue weighted by atomic mass is 16.2. The molecule has 6 aromatic rings. The van der Waals surface area contributed by atoms with Crippen LogP contribution in [0, 0.1) is 12.8 Å². The van der Waals surface area contributed by atoms with Crippen molar-refractivity contribution in [3.8, 4) is 0 Å². The first kappa shape index (κ1) is 26.2. The monoisotopic (exact) mass is 549 g/mol. The smallest absolute Gasteiger partial charge is 0.234 e. The number of hydrogen-bond acceptors (Lipinski definition) is 2. The minimum atomic E-state index is -0.616. The van der Waals surface area contributed by atoms with Gasteiger partial charge in [-0.2, -0.15) is 0 Å². The lowest BCUT2D eigenvalue weighted by molar-refractivity contribution is 0.0808. The van der Waals surface area contributed by atoms with Crippen LogP contribution in [-0.4, -0.2) is 20.0 Å². The fourth-order valence-electron chi connectivity index (χ4n) is 7.25. The Morgan fingerprint density at radius 1 is 0.786 bits per heavy atom. The number of carbonyl (C=O) groups is 1. The highest BCUT2D eigenvalue weighted by molar-refractivity contribution is 5.97. The Bertz CT molecular complexity index is 1770. The van der Waals surface area contributed by atoms with Crippen molar-refractivity contribution in [3.63, 3.8) is 0 Å². The van der Waals surface area contributed by atoms with E-state index in [2.05, 4.69) is 128 Å². The predicted octanol–water partition coefficient (Wildman–Crippen LogP) is 7.99. The van der Waals surface area contributed by atoms with E-state index in [-0.39, 0.29) is 11.8 Å². The molecule has 1 atom stereocenters. The van der Waals surface area contributed by atoms with Gasteiger partial charge < -0.3 is 4.57 Å². The first-order valence-corrected chi connectivity index (χ1v) is 15.0. The van der Waals surface area contributed by atoms with Gasteiger partial charge in [0, 0.05) is 29.1 Å². The lowest BCUT2D eigenvalue weighted by Crippen LogP contribution is -2.38. The Morgan fingerprint density at radius 2 is 1.33 bits per heavy atom. The summed E-state index contributed by atoms with van der Waals surface area (Å²) >= 11 is 0. The van der Waals surface area contributed by atoms with Gasteiger partial charge in [-0.15, -0.1) is 0 Å². The maximum atomic E-state index is 14.1. The van der Waals surface area contributed by atoms with Crippen molar-refractivity contribution in [2.45, 2.75) is 45.1 Å². The molecule has 1 aliphatic heterocycles. The minimum absolute atomic E-state index is 0.111. The molecule has 2 aromatic heterocycles. The van der Waals surface area contributed by atoms with E-state index in [4.69, 9.17) is 4.98 Å². The zero-order valence-electron chi connectivity index (χ0n) is 24.2. The van der Waals surface area contributed by atoms with Crippen LogP contribution in [0.15, 0.2) is 122 Å². The van der Waals surface area contributed by atoms with E-state index >= 15 is 0 Å². The Labute approximate surface area is 247 Å². The fraction of sp³-hybridized carbons (Fsp3) is 0.211. The van der Waals surface area contributed by atoms with Crippen LogP contribution < -0.4 is 0 Å². The summed E-state index contributed by atoms with van der Waals surface area (Å²) in [4.78, 5) is 19.1. The van der Waals surface area contributed by atoms with E-state index in [1.807, 2.05) is 17.0 Å². The molecule has 0 aliphatic carbocycles. The number of rotatable bonds is 7. The van der Waals surface area contributed by atoms with Crippen molar-refractivity contribution in [2.75, 3.05) is 0 Å². The van der Waals surface area contributed by atoms with Crippen LogP contribution in [0.5, 0.6) is 0 Å². The Hall–Kier alpha value is -4.70. The maximum absolute atomic E-state index is 14.1. The average Bonchev–Trinajstić information content (AvgIpc) is 3.58. The molecule has 4 heteroatoms. The average molecular weight is 550 g/mol. The number of benzene rings is 4. The van der Waals surface area contributed by atoms with Crippen LogP contribution >= 0.6 is 0 Å². The first-order valence-electron chi connectivity index (χ1n) is 15.0. The fourth-order valence-corrected chi connectivity index (χ4v) is 7.25. The van der Waals surface area contributed by atoms with E-state index in [0.29, 0.717) is 6.42 Å². The number of aromatic nitrogens is 3. The zero-order chi connectivity index (χ0) is 28.7. The number of imidazole rings is 1. The molecule has 0 bridgehead atoms. The molecule has 0 radical (unpaired) electrons. The molecule has 3 heterocycles. The second kappa shape index (κ2) is 10.6. The summed E-state index contributed by atoms with van der Waals surface area (Å²) in [6.45, 7) is 4.35. The van der Waals surface area contributed by atoms with E-state index in [1.54, 1.807) is 0 Å². The highest BCUT2D eigenvalue weighted by Crippen LogP contribution is 2.42. The molecule has 4 nitrogen and oxygen atoms in total. The summed E-state index contributed by atoms with van der Waals surface area (Å²) in [6.07, 6.45) is 5.30. The predicted molar refractivity (Wildman–Crippen MR) is 169 cm³/mol. The third-order valence-electron chi connectivity index (χ3n) is 9.22. The Morgan fingerprint density at radius 3 is 1.90 bits per heavy atom. The van der Waals surface area contributed by atoms with Crippen LogP contribution in [-0.2, 0) is 24.8 Å². The van der Waals surface area contributed by atoms with Crippen LogP contribution in [0.3, 0.4) is 0 Å². The summed E-state index contributed by atoms with van der Waals surface area (Å²) in [5.41, 5.74) is 8.49. The summed E-state index contributed by atoms with van der Waals surface area (Å²) in [5.74, 6) is 0.0844. The number of nitrogens with zero attached hydrogens (tertiary/aromatic N) is 3. The molecular formula is C38H35N3O. The molecule has 7 rings (SSSR count). The van der Waals surface area contributed by atoms with Crippen molar-refractivity contribution in [1.29, 1.82) is 0 Å². The number of aryl methyl sites for hydroxylation is 1. The van der Waals surface area contributed by atoms with Gasteiger partial charge in [0.25, 0.3) is 0 Å². The number of fused-ring (bicyclic) bond motifs is 3. The van der Waals surface area contributed by atoms with Crippen molar-refractivity contribution in [1.82, 2.24) is 14.1 Å². The summed E-state index contributed by atoms with van der Waals surface area (Å²) in [6, 6.07) is 40.4. The quantitative estimate of drug-likeness (QED) is 0.189. The molecule has 4 aromatic carbocycles. The van der Waals surface area contributed by atoms with Crippen molar-refractivity contribution in [3.05, 3.63) is 161 Å². The second-order valence-corrected chi connectivity index (χ2v) is 11.4. The molecule has 0 N–H and O–H groups in total. The molecule has 0 saturated carbocycles. The molecule has 0 spiro atoms. The van der Waals surface area contributed by atoms with Gasteiger partial charge in [-0.05, 0) is 54.5 Å². The topological polar surface area (TPSA) is 39.8 Å². The van der Waals surface area contributed by atoms with Gasteiger partial charge in [-0.1, -0.05) is 116 Å². The van der Waals surface area contributed by atoms with Gasteiger partial charge in [-0.3, -0.25) is 9.36 Å². The number of hydrogen-bond donors (Lipinski definition) is 0. The van der Waals surface area contributed by atoms with E-state index in [9.17, 15) is 4.79 Å². The molecule has 42 heavy (non-hydrogen) atoms. The van der Waals surface area contributed by atoms with Gasteiger partial charge in [0.1, 0.15) is 5.54 Å². The molecule has 0 saturated heterocycles. The Balaban J connectivity index is 1.34. The standard InChI is InChI=1S/C38H35N3O/c1-3-32-33-21-13-14-22-35(33)41-36(32)24-23-28(37(41)42)25-34-27(2)40(26-39-34)38(29-15-7-4-8-16-29,30-17-9-5-10-18-30)31-19-11-6-12-20-31/h4-22,26,28H,3,23-25H2,1-2H3. The van der Waals surface area contributed by atoms with E-state index in [1.165, 1.54) is 33.3 Å². The van der Waals surface area contributed by atoms with Crippen LogP contribution in [0.4, 0.5) is 0 Å². The zero-order valence-corrected chi connectivity index (χ0v) is 24.2. The van der Waals surface area contributed by atoms with E-state index in [0.717, 1.165) is 36.2 Å².